The third-order valence-corrected chi connectivity index (χ3v) is 6.19. The summed E-state index contributed by atoms with van der Waals surface area (Å²) in [6.45, 7) is 0.240. The number of nitrogens with zero attached hydrogens (tertiary/aromatic N) is 4. The van der Waals surface area contributed by atoms with Gasteiger partial charge in [0, 0.05) is 31.1 Å². The van der Waals surface area contributed by atoms with Gasteiger partial charge in [-0.15, -0.1) is 0 Å². The number of nitrogens with one attached hydrogen (secondary N) is 1. The number of rotatable bonds is 6. The van der Waals surface area contributed by atoms with Crippen LogP contribution in [0, 0.1) is 11.7 Å². The van der Waals surface area contributed by atoms with Gasteiger partial charge in [-0.1, -0.05) is 12.1 Å². The van der Waals surface area contributed by atoms with Gasteiger partial charge < -0.3 is 10.1 Å². The van der Waals surface area contributed by atoms with E-state index in [0.29, 0.717) is 5.56 Å². The lowest BCUT2D eigenvalue weighted by Gasteiger charge is -2.46. The molecule has 3 N–H and O–H groups in total. The molecule has 2 atom stereocenters. The second-order valence-corrected chi connectivity index (χ2v) is 8.73. The summed E-state index contributed by atoms with van der Waals surface area (Å²) in [5.41, 5.74) is -0.655. The summed E-state index contributed by atoms with van der Waals surface area (Å²) in [4.78, 5) is 3.96. The number of anilines is 1. The van der Waals surface area contributed by atoms with Crippen LogP contribution in [0.2, 0.25) is 0 Å². The Morgan fingerprint density at radius 1 is 1.25 bits per heavy atom. The molecule has 32 heavy (non-hydrogen) atoms. The van der Waals surface area contributed by atoms with E-state index >= 15 is 0 Å². The Labute approximate surface area is 180 Å². The van der Waals surface area contributed by atoms with Gasteiger partial charge in [0.15, 0.2) is 11.3 Å². The number of methoxy groups -OCH3 is 1. The molecule has 1 aromatic carbocycles. The molecule has 3 heterocycles. The first kappa shape index (κ1) is 22.2. The van der Waals surface area contributed by atoms with E-state index < -0.39 is 33.9 Å². The van der Waals surface area contributed by atoms with E-state index in [1.807, 2.05) is 0 Å². The SMILES string of the molecule is COc1cc(NCC2CN(S(N)(=O)=O)C2c2ccc(F)cc2)n2nc(C(F)(F)F)cc2n1. The Morgan fingerprint density at radius 2 is 1.94 bits per heavy atom. The number of ether oxygens (including phenoxy) is 1. The standard InChI is InChI=1S/C18H18F4N6O3S/c1-31-16-7-14(28-15(25-16)6-13(26-28)18(20,21)22)24-8-11-9-27(32(23,29)30)17(11)10-2-4-12(19)5-3-10/h2-7,11,17,24H,8-9H2,1H3,(H2,23,29,30). The van der Waals surface area contributed by atoms with Gasteiger partial charge in [0.1, 0.15) is 11.6 Å². The van der Waals surface area contributed by atoms with Gasteiger partial charge in [0.05, 0.1) is 13.2 Å². The highest BCUT2D eigenvalue weighted by atomic mass is 32.2. The average Bonchev–Trinajstić information content (AvgIpc) is 3.12. The van der Waals surface area contributed by atoms with Crippen molar-refractivity contribution in [2.24, 2.45) is 11.1 Å². The summed E-state index contributed by atoms with van der Waals surface area (Å²) < 4.78 is 83.5. The quantitative estimate of drug-likeness (QED) is 0.530. The predicted molar refractivity (Wildman–Crippen MR) is 105 cm³/mol. The molecular weight excluding hydrogens is 456 g/mol. The van der Waals surface area contributed by atoms with E-state index in [4.69, 9.17) is 9.88 Å². The third-order valence-electron chi connectivity index (χ3n) is 5.16. The normalized spacial score (nSPS) is 19.7. The van der Waals surface area contributed by atoms with Crippen LogP contribution >= 0.6 is 0 Å². The molecule has 1 aliphatic rings. The molecule has 1 fully saturated rings. The highest BCUT2D eigenvalue weighted by molar-refractivity contribution is 7.86. The van der Waals surface area contributed by atoms with Gasteiger partial charge in [0.25, 0.3) is 10.2 Å². The summed E-state index contributed by atoms with van der Waals surface area (Å²) >= 11 is 0. The first-order valence-electron chi connectivity index (χ1n) is 9.28. The lowest BCUT2D eigenvalue weighted by molar-refractivity contribution is -0.141. The van der Waals surface area contributed by atoms with Gasteiger partial charge in [-0.05, 0) is 17.7 Å². The molecule has 0 aliphatic carbocycles. The molecule has 3 aromatic rings. The smallest absolute Gasteiger partial charge is 0.435 e. The van der Waals surface area contributed by atoms with Crippen molar-refractivity contribution in [1.29, 1.82) is 0 Å². The van der Waals surface area contributed by atoms with Crippen LogP contribution in [0.25, 0.3) is 5.65 Å². The van der Waals surface area contributed by atoms with Crippen LogP contribution in [0.3, 0.4) is 0 Å². The van der Waals surface area contributed by atoms with Gasteiger partial charge in [0.2, 0.25) is 5.88 Å². The Kier molecular flexibility index (Phi) is 5.46. The summed E-state index contributed by atoms with van der Waals surface area (Å²) in [6, 6.07) is 6.84. The summed E-state index contributed by atoms with van der Waals surface area (Å²) in [7, 11) is -2.68. The van der Waals surface area contributed by atoms with Crippen molar-refractivity contribution >= 4 is 21.7 Å². The Bertz CT molecular complexity index is 1250. The van der Waals surface area contributed by atoms with Crippen molar-refractivity contribution < 1.29 is 30.7 Å². The molecule has 0 bridgehead atoms. The molecule has 172 valence electrons. The maximum Gasteiger partial charge on any atom is 0.435 e. The molecule has 0 spiro atoms. The summed E-state index contributed by atoms with van der Waals surface area (Å²) in [6.07, 6.45) is -4.66. The second-order valence-electron chi connectivity index (χ2n) is 7.23. The zero-order chi connectivity index (χ0) is 23.3. The topological polar surface area (TPSA) is 115 Å². The minimum Gasteiger partial charge on any atom is -0.481 e. The van der Waals surface area contributed by atoms with Gasteiger partial charge in [-0.2, -0.15) is 40.5 Å². The van der Waals surface area contributed by atoms with Crippen LogP contribution in [0.5, 0.6) is 5.88 Å². The summed E-state index contributed by atoms with van der Waals surface area (Å²) in [5.74, 6) is -0.529. The number of nitrogens with two attached hydrogens (primary N) is 1. The third kappa shape index (κ3) is 4.20. The fourth-order valence-corrected chi connectivity index (χ4v) is 4.64. The molecule has 0 amide bonds. The van der Waals surface area contributed by atoms with E-state index in [9.17, 15) is 26.0 Å². The van der Waals surface area contributed by atoms with Crippen molar-refractivity contribution in [3.8, 4) is 5.88 Å². The van der Waals surface area contributed by atoms with E-state index in [1.165, 1.54) is 37.4 Å². The first-order chi connectivity index (χ1) is 15.0. The maximum absolute atomic E-state index is 13.3. The van der Waals surface area contributed by atoms with Crippen LogP contribution in [0.4, 0.5) is 23.4 Å². The highest BCUT2D eigenvalue weighted by Crippen LogP contribution is 2.40. The monoisotopic (exact) mass is 474 g/mol. The number of hydrogen-bond acceptors (Lipinski definition) is 6. The number of alkyl halides is 3. The molecule has 0 radical (unpaired) electrons. The molecule has 1 saturated heterocycles. The Morgan fingerprint density at radius 3 is 2.53 bits per heavy atom. The van der Waals surface area contributed by atoms with Gasteiger partial charge in [-0.25, -0.2) is 9.53 Å². The van der Waals surface area contributed by atoms with Crippen molar-refractivity contribution in [3.63, 3.8) is 0 Å². The van der Waals surface area contributed by atoms with E-state index in [1.54, 1.807) is 0 Å². The number of hydrogen-bond donors (Lipinski definition) is 2. The van der Waals surface area contributed by atoms with Crippen molar-refractivity contribution in [2.45, 2.75) is 12.2 Å². The molecule has 9 nitrogen and oxygen atoms in total. The molecule has 2 unspecified atom stereocenters. The molecule has 0 saturated carbocycles. The van der Waals surface area contributed by atoms with E-state index in [0.717, 1.165) is 14.9 Å². The van der Waals surface area contributed by atoms with Crippen LogP contribution in [0.15, 0.2) is 36.4 Å². The van der Waals surface area contributed by atoms with Crippen LogP contribution in [-0.4, -0.2) is 47.5 Å². The van der Waals surface area contributed by atoms with Crippen LogP contribution in [-0.2, 0) is 16.4 Å². The van der Waals surface area contributed by atoms with Gasteiger partial charge >= 0.3 is 6.18 Å². The molecule has 14 heteroatoms. The minimum absolute atomic E-state index is 0.0727. The van der Waals surface area contributed by atoms with Crippen molar-refractivity contribution in [1.82, 2.24) is 18.9 Å². The maximum atomic E-state index is 13.3. The number of aromatic nitrogens is 3. The first-order valence-corrected chi connectivity index (χ1v) is 10.8. The van der Waals surface area contributed by atoms with E-state index in [-0.39, 0.29) is 36.4 Å². The molecule has 2 aromatic heterocycles. The van der Waals surface area contributed by atoms with E-state index in [2.05, 4.69) is 15.4 Å². The number of fused-ring (bicyclic) bond motifs is 1. The second kappa shape index (κ2) is 7.86. The Hall–Kier alpha value is -2.97. The molecule has 4 rings (SSSR count). The zero-order valence-electron chi connectivity index (χ0n) is 16.5. The number of halogens is 4. The zero-order valence-corrected chi connectivity index (χ0v) is 17.4. The molecule has 1 aliphatic heterocycles. The molecular formula is C18H18F4N6O3S. The fraction of sp³-hybridized carbons (Fsp3) is 0.333. The minimum atomic E-state index is -4.66. The number of benzene rings is 1. The average molecular weight is 474 g/mol. The van der Waals surface area contributed by atoms with Crippen molar-refractivity contribution in [3.05, 3.63) is 53.5 Å². The van der Waals surface area contributed by atoms with Crippen LogP contribution < -0.4 is 15.2 Å². The van der Waals surface area contributed by atoms with Gasteiger partial charge in [-0.3, -0.25) is 0 Å². The predicted octanol–water partition coefficient (Wildman–Crippen LogP) is 2.18. The van der Waals surface area contributed by atoms with Crippen molar-refractivity contribution in [2.75, 3.05) is 25.5 Å². The largest absolute Gasteiger partial charge is 0.481 e. The Balaban J connectivity index is 1.62. The highest BCUT2D eigenvalue weighted by Gasteiger charge is 2.45. The fourth-order valence-electron chi connectivity index (χ4n) is 3.63. The lowest BCUT2D eigenvalue weighted by atomic mass is 9.86. The summed E-state index contributed by atoms with van der Waals surface area (Å²) in [5, 5.41) is 11.8. The van der Waals surface area contributed by atoms with Crippen LogP contribution in [0.1, 0.15) is 17.3 Å². The lowest BCUT2D eigenvalue weighted by Crippen LogP contribution is -2.56.